The molecule has 0 aromatic heterocycles. The molecule has 0 fully saturated rings. The van der Waals surface area contributed by atoms with Gasteiger partial charge in [0.15, 0.2) is 29.7 Å². The summed E-state index contributed by atoms with van der Waals surface area (Å²) in [7, 11) is 1.66. The SMILES string of the molecule is C=CCc1cc(C2C3=C(CC(C)(C)CC3=O)N(CCOC)C3=C2C(=O)CC(C)(C)C3)cc(OCC)c1OCC(=O)O. The summed E-state index contributed by atoms with van der Waals surface area (Å²) >= 11 is 0. The van der Waals surface area contributed by atoms with Crippen LogP contribution in [0, 0.1) is 10.8 Å². The average Bonchev–Trinajstić information content (AvgIpc) is 2.85. The van der Waals surface area contributed by atoms with Crippen LogP contribution in [0.3, 0.4) is 0 Å². The predicted molar refractivity (Wildman–Crippen MR) is 156 cm³/mol. The van der Waals surface area contributed by atoms with Crippen molar-refractivity contribution < 1.29 is 33.7 Å². The number of carbonyl (C=O) groups is 3. The summed E-state index contributed by atoms with van der Waals surface area (Å²) in [6, 6.07) is 3.74. The van der Waals surface area contributed by atoms with Gasteiger partial charge in [-0.25, -0.2) is 4.79 Å². The Labute approximate surface area is 243 Å². The number of aliphatic carboxylic acids is 1. The van der Waals surface area contributed by atoms with E-state index in [9.17, 15) is 19.5 Å². The van der Waals surface area contributed by atoms with E-state index in [-0.39, 0.29) is 22.4 Å². The molecule has 0 saturated heterocycles. The highest BCUT2D eigenvalue weighted by atomic mass is 16.5. The maximum Gasteiger partial charge on any atom is 0.341 e. The zero-order valence-electron chi connectivity index (χ0n) is 25.2. The number of carbonyl (C=O) groups excluding carboxylic acids is 2. The molecule has 0 bridgehead atoms. The lowest BCUT2D eigenvalue weighted by Crippen LogP contribution is -2.45. The Balaban J connectivity index is 2.01. The number of carboxylic acids is 1. The van der Waals surface area contributed by atoms with Gasteiger partial charge in [-0.05, 0) is 48.6 Å². The summed E-state index contributed by atoms with van der Waals surface area (Å²) in [4.78, 5) is 41.6. The van der Waals surface area contributed by atoms with Crippen molar-refractivity contribution in [2.24, 2.45) is 10.8 Å². The molecule has 222 valence electrons. The highest BCUT2D eigenvalue weighted by Crippen LogP contribution is 2.55. The predicted octanol–water partition coefficient (Wildman–Crippen LogP) is 5.61. The van der Waals surface area contributed by atoms with E-state index in [0.29, 0.717) is 80.1 Å². The third kappa shape index (κ3) is 6.27. The van der Waals surface area contributed by atoms with E-state index in [4.69, 9.17) is 14.2 Å². The zero-order valence-corrected chi connectivity index (χ0v) is 25.2. The highest BCUT2D eigenvalue weighted by molar-refractivity contribution is 6.06. The summed E-state index contributed by atoms with van der Waals surface area (Å²) < 4.78 is 17.1. The summed E-state index contributed by atoms with van der Waals surface area (Å²) in [5, 5.41) is 9.28. The molecule has 8 nitrogen and oxygen atoms in total. The van der Waals surface area contributed by atoms with Crippen molar-refractivity contribution in [3.05, 3.63) is 58.5 Å². The summed E-state index contributed by atoms with van der Waals surface area (Å²) in [6.45, 7) is 15.0. The van der Waals surface area contributed by atoms with Crippen LogP contribution in [0.1, 0.15) is 77.3 Å². The molecule has 0 saturated carbocycles. The number of carboxylic acid groups (broad SMARTS) is 1. The van der Waals surface area contributed by atoms with Crippen molar-refractivity contribution in [3.63, 3.8) is 0 Å². The standard InChI is InChI=1S/C33H43NO7/c1-8-10-20-13-21(14-26(40-9-2)31(20)41-19-27(37)38)28-29-22(15-32(3,4)17-24(29)35)34(11-12-39-7)23-16-33(5,6)18-25(36)30(23)28/h8,13-14,28H,1,9-12,15-19H2,2-7H3,(H,37,38). The number of hydrogen-bond donors (Lipinski definition) is 1. The second-order valence-electron chi connectivity index (χ2n) is 12.8. The third-order valence-electron chi connectivity index (χ3n) is 8.03. The Kier molecular flexibility index (Phi) is 8.83. The number of nitrogens with zero attached hydrogens (tertiary/aromatic N) is 1. The van der Waals surface area contributed by atoms with Gasteiger partial charge in [0.2, 0.25) is 0 Å². The van der Waals surface area contributed by atoms with Gasteiger partial charge in [-0.2, -0.15) is 0 Å². The highest BCUT2D eigenvalue weighted by Gasteiger charge is 2.49. The molecule has 1 aromatic rings. The lowest BCUT2D eigenvalue weighted by atomic mass is 9.63. The van der Waals surface area contributed by atoms with E-state index < -0.39 is 18.5 Å². The minimum absolute atomic E-state index is 0.0438. The number of Topliss-reactive ketones (excluding diaryl/α,β-unsaturated/α-hetero) is 2. The van der Waals surface area contributed by atoms with Crippen molar-refractivity contribution in [2.75, 3.05) is 33.5 Å². The van der Waals surface area contributed by atoms with Gasteiger partial charge < -0.3 is 24.2 Å². The van der Waals surface area contributed by atoms with Gasteiger partial charge in [0, 0.05) is 60.5 Å². The number of ketones is 2. The largest absolute Gasteiger partial charge is 0.490 e. The first-order valence-electron chi connectivity index (χ1n) is 14.4. The lowest BCUT2D eigenvalue weighted by Gasteiger charge is -2.49. The van der Waals surface area contributed by atoms with Crippen LogP contribution >= 0.6 is 0 Å². The van der Waals surface area contributed by atoms with Crippen LogP contribution in [0.5, 0.6) is 11.5 Å². The van der Waals surface area contributed by atoms with E-state index in [0.717, 1.165) is 17.0 Å². The van der Waals surface area contributed by atoms with Crippen molar-refractivity contribution >= 4 is 17.5 Å². The number of allylic oxidation sites excluding steroid dienone is 5. The molecule has 0 amide bonds. The molecule has 0 radical (unpaired) electrons. The number of benzene rings is 1. The van der Waals surface area contributed by atoms with Crippen LogP contribution < -0.4 is 9.47 Å². The average molecular weight is 566 g/mol. The minimum Gasteiger partial charge on any atom is -0.490 e. The van der Waals surface area contributed by atoms with Crippen LogP contribution in [0.4, 0.5) is 0 Å². The molecule has 1 aromatic carbocycles. The van der Waals surface area contributed by atoms with E-state index in [2.05, 4.69) is 39.2 Å². The fourth-order valence-electron chi connectivity index (χ4n) is 6.55. The maximum absolute atomic E-state index is 14.0. The van der Waals surface area contributed by atoms with Crippen molar-refractivity contribution in [3.8, 4) is 11.5 Å². The Hall–Kier alpha value is -3.39. The van der Waals surface area contributed by atoms with E-state index in [1.54, 1.807) is 13.2 Å². The molecule has 2 aliphatic carbocycles. The number of methoxy groups -OCH3 is 1. The molecule has 0 unspecified atom stereocenters. The van der Waals surface area contributed by atoms with Crippen molar-refractivity contribution in [2.45, 2.75) is 72.6 Å². The first-order chi connectivity index (χ1) is 19.3. The Morgan fingerprint density at radius 3 is 2.10 bits per heavy atom. The third-order valence-corrected chi connectivity index (χ3v) is 8.03. The van der Waals surface area contributed by atoms with Crippen molar-refractivity contribution in [1.29, 1.82) is 0 Å². The topological polar surface area (TPSA) is 102 Å². The van der Waals surface area contributed by atoms with Gasteiger partial charge >= 0.3 is 5.97 Å². The van der Waals surface area contributed by atoms with Crippen LogP contribution in [0.2, 0.25) is 0 Å². The maximum atomic E-state index is 14.0. The van der Waals surface area contributed by atoms with Gasteiger partial charge in [-0.15, -0.1) is 6.58 Å². The lowest BCUT2D eigenvalue weighted by molar-refractivity contribution is -0.139. The molecule has 4 rings (SSSR count). The first-order valence-corrected chi connectivity index (χ1v) is 14.4. The normalized spacial score (nSPS) is 20.1. The Morgan fingerprint density at radius 1 is 1.02 bits per heavy atom. The van der Waals surface area contributed by atoms with E-state index in [1.165, 1.54) is 0 Å². The van der Waals surface area contributed by atoms with Crippen LogP contribution in [0.15, 0.2) is 47.3 Å². The summed E-state index contributed by atoms with van der Waals surface area (Å²) in [6.07, 6.45) is 4.30. The molecule has 1 heterocycles. The molecule has 0 atom stereocenters. The molecular weight excluding hydrogens is 522 g/mol. The van der Waals surface area contributed by atoms with Gasteiger partial charge in [-0.1, -0.05) is 39.8 Å². The first kappa shape index (κ1) is 30.6. The molecule has 8 heteroatoms. The van der Waals surface area contributed by atoms with Gasteiger partial charge in [0.25, 0.3) is 0 Å². The van der Waals surface area contributed by atoms with Gasteiger partial charge in [0.05, 0.1) is 13.2 Å². The minimum atomic E-state index is -1.10. The second kappa shape index (κ2) is 11.8. The van der Waals surface area contributed by atoms with Crippen LogP contribution in [-0.4, -0.2) is 61.0 Å². The van der Waals surface area contributed by atoms with Crippen molar-refractivity contribution in [1.82, 2.24) is 4.90 Å². The number of hydrogen-bond acceptors (Lipinski definition) is 7. The second-order valence-corrected chi connectivity index (χ2v) is 12.8. The Bertz CT molecular complexity index is 1260. The van der Waals surface area contributed by atoms with E-state index in [1.807, 2.05) is 19.1 Å². The van der Waals surface area contributed by atoms with Gasteiger partial charge in [-0.3, -0.25) is 9.59 Å². The molecule has 1 aliphatic heterocycles. The van der Waals surface area contributed by atoms with Gasteiger partial charge in [0.1, 0.15) is 0 Å². The fraction of sp³-hybridized carbons (Fsp3) is 0.545. The fourth-order valence-corrected chi connectivity index (χ4v) is 6.55. The Morgan fingerprint density at radius 2 is 1.61 bits per heavy atom. The summed E-state index contributed by atoms with van der Waals surface area (Å²) in [5.74, 6) is -0.834. The summed E-state index contributed by atoms with van der Waals surface area (Å²) in [5.41, 5.74) is 4.27. The zero-order chi connectivity index (χ0) is 30.1. The number of rotatable bonds is 11. The smallest absolute Gasteiger partial charge is 0.341 e. The monoisotopic (exact) mass is 565 g/mol. The molecular formula is C33H43NO7. The molecule has 3 aliphatic rings. The van der Waals surface area contributed by atoms with E-state index >= 15 is 0 Å². The molecule has 1 N–H and O–H groups in total. The molecule has 0 spiro atoms. The quantitative estimate of drug-likeness (QED) is 0.346. The van der Waals surface area contributed by atoms with Crippen LogP contribution in [0.25, 0.3) is 0 Å². The number of ether oxygens (including phenoxy) is 3. The molecule has 41 heavy (non-hydrogen) atoms. The van der Waals surface area contributed by atoms with Crippen LogP contribution in [-0.2, 0) is 25.5 Å².